The molecule has 1 fully saturated rings. The summed E-state index contributed by atoms with van der Waals surface area (Å²) in [4.78, 5) is 6.79. The molecule has 1 aliphatic rings. The first-order valence-corrected chi connectivity index (χ1v) is 5.82. The molecule has 3 heteroatoms. The standard InChI is InChI=1S/C13H19N3/c1-3-9-16(11-6-7-11)13-12(10(2)14)5-4-8-15-13/h3-5,8,10-11H,1,6-7,9,14H2,2H3/t10-/m0/s1. The van der Waals surface area contributed by atoms with Gasteiger partial charge in [-0.1, -0.05) is 12.1 Å². The van der Waals surface area contributed by atoms with Gasteiger partial charge < -0.3 is 10.6 Å². The Morgan fingerprint density at radius 2 is 2.44 bits per heavy atom. The molecule has 16 heavy (non-hydrogen) atoms. The van der Waals surface area contributed by atoms with Crippen LogP contribution in [0.3, 0.4) is 0 Å². The monoisotopic (exact) mass is 217 g/mol. The summed E-state index contributed by atoms with van der Waals surface area (Å²) in [6.07, 6.45) is 6.27. The van der Waals surface area contributed by atoms with Crippen molar-refractivity contribution in [2.75, 3.05) is 11.4 Å². The second-order valence-electron chi connectivity index (χ2n) is 4.38. The van der Waals surface area contributed by atoms with Crippen LogP contribution in [0.2, 0.25) is 0 Å². The summed E-state index contributed by atoms with van der Waals surface area (Å²) in [6.45, 7) is 6.66. The Kier molecular flexibility index (Phi) is 3.25. The highest BCUT2D eigenvalue weighted by molar-refractivity contribution is 5.50. The van der Waals surface area contributed by atoms with E-state index in [4.69, 9.17) is 5.73 Å². The van der Waals surface area contributed by atoms with E-state index in [1.807, 2.05) is 25.3 Å². The van der Waals surface area contributed by atoms with E-state index in [0.29, 0.717) is 6.04 Å². The first-order chi connectivity index (χ1) is 7.74. The third-order valence-electron chi connectivity index (χ3n) is 2.89. The average molecular weight is 217 g/mol. The van der Waals surface area contributed by atoms with Crippen LogP contribution >= 0.6 is 0 Å². The molecule has 0 radical (unpaired) electrons. The van der Waals surface area contributed by atoms with Crippen molar-refractivity contribution in [3.05, 3.63) is 36.5 Å². The molecule has 1 aromatic heterocycles. The zero-order chi connectivity index (χ0) is 11.5. The average Bonchev–Trinajstić information content (AvgIpc) is 3.10. The van der Waals surface area contributed by atoms with Gasteiger partial charge in [0.1, 0.15) is 5.82 Å². The molecular formula is C13H19N3. The fourth-order valence-corrected chi connectivity index (χ4v) is 1.94. The molecule has 0 spiro atoms. The maximum atomic E-state index is 5.98. The number of nitrogens with two attached hydrogens (primary N) is 1. The van der Waals surface area contributed by atoms with E-state index in [0.717, 1.165) is 17.9 Å². The molecule has 0 bridgehead atoms. The highest BCUT2D eigenvalue weighted by Gasteiger charge is 2.30. The topological polar surface area (TPSA) is 42.2 Å². The Labute approximate surface area is 97.0 Å². The number of nitrogens with zero attached hydrogens (tertiary/aromatic N) is 2. The first-order valence-electron chi connectivity index (χ1n) is 5.82. The van der Waals surface area contributed by atoms with Gasteiger partial charge in [-0.3, -0.25) is 0 Å². The Bertz CT molecular complexity index is 369. The third-order valence-corrected chi connectivity index (χ3v) is 2.89. The van der Waals surface area contributed by atoms with E-state index in [1.54, 1.807) is 0 Å². The normalized spacial score (nSPS) is 16.9. The summed E-state index contributed by atoms with van der Waals surface area (Å²) < 4.78 is 0. The molecule has 0 aliphatic heterocycles. The minimum atomic E-state index is 0.0229. The van der Waals surface area contributed by atoms with Crippen molar-refractivity contribution in [1.29, 1.82) is 0 Å². The first kappa shape index (κ1) is 11.1. The van der Waals surface area contributed by atoms with Gasteiger partial charge in [-0.2, -0.15) is 0 Å². The van der Waals surface area contributed by atoms with E-state index in [9.17, 15) is 0 Å². The number of pyridine rings is 1. The summed E-state index contributed by atoms with van der Waals surface area (Å²) >= 11 is 0. The van der Waals surface area contributed by atoms with Gasteiger partial charge >= 0.3 is 0 Å². The number of hydrogen-bond donors (Lipinski definition) is 1. The van der Waals surface area contributed by atoms with Gasteiger partial charge in [-0.05, 0) is 25.8 Å². The summed E-state index contributed by atoms with van der Waals surface area (Å²) in [6, 6.07) is 4.66. The van der Waals surface area contributed by atoms with Crippen LogP contribution in [-0.2, 0) is 0 Å². The van der Waals surface area contributed by atoms with Crippen molar-refractivity contribution < 1.29 is 0 Å². The molecule has 1 aromatic rings. The molecule has 1 saturated carbocycles. The van der Waals surface area contributed by atoms with E-state index in [-0.39, 0.29) is 6.04 Å². The van der Waals surface area contributed by atoms with Crippen LogP contribution in [-0.4, -0.2) is 17.6 Å². The van der Waals surface area contributed by atoms with Crippen molar-refractivity contribution in [3.8, 4) is 0 Å². The van der Waals surface area contributed by atoms with Gasteiger partial charge in [0.2, 0.25) is 0 Å². The Morgan fingerprint density at radius 1 is 1.69 bits per heavy atom. The van der Waals surface area contributed by atoms with Gasteiger partial charge in [-0.15, -0.1) is 6.58 Å². The van der Waals surface area contributed by atoms with Crippen LogP contribution in [0.1, 0.15) is 31.4 Å². The number of anilines is 1. The van der Waals surface area contributed by atoms with E-state index in [1.165, 1.54) is 12.8 Å². The zero-order valence-electron chi connectivity index (χ0n) is 9.76. The van der Waals surface area contributed by atoms with Gasteiger partial charge in [-0.25, -0.2) is 4.98 Å². The molecule has 1 aliphatic carbocycles. The van der Waals surface area contributed by atoms with Crippen molar-refractivity contribution in [2.24, 2.45) is 5.73 Å². The van der Waals surface area contributed by atoms with Crippen LogP contribution in [0.15, 0.2) is 31.0 Å². The zero-order valence-corrected chi connectivity index (χ0v) is 9.76. The lowest BCUT2D eigenvalue weighted by Crippen LogP contribution is -2.28. The molecule has 2 rings (SSSR count). The van der Waals surface area contributed by atoms with Crippen LogP contribution < -0.4 is 10.6 Å². The molecular weight excluding hydrogens is 198 g/mol. The van der Waals surface area contributed by atoms with E-state index >= 15 is 0 Å². The maximum absolute atomic E-state index is 5.98. The van der Waals surface area contributed by atoms with Crippen LogP contribution in [0.4, 0.5) is 5.82 Å². The van der Waals surface area contributed by atoms with Crippen LogP contribution in [0, 0.1) is 0 Å². The lowest BCUT2D eigenvalue weighted by atomic mass is 10.1. The maximum Gasteiger partial charge on any atom is 0.133 e. The second-order valence-corrected chi connectivity index (χ2v) is 4.38. The van der Waals surface area contributed by atoms with Crippen LogP contribution in [0.5, 0.6) is 0 Å². The number of rotatable bonds is 5. The molecule has 1 atom stereocenters. The largest absolute Gasteiger partial charge is 0.350 e. The number of aromatic nitrogens is 1. The molecule has 0 aromatic carbocycles. The summed E-state index contributed by atoms with van der Waals surface area (Å²) in [5.41, 5.74) is 7.10. The summed E-state index contributed by atoms with van der Waals surface area (Å²) in [5.74, 6) is 1.03. The van der Waals surface area contributed by atoms with Crippen LogP contribution in [0.25, 0.3) is 0 Å². The molecule has 2 N–H and O–H groups in total. The van der Waals surface area contributed by atoms with Gasteiger partial charge in [0.05, 0.1) is 0 Å². The van der Waals surface area contributed by atoms with Crippen molar-refractivity contribution in [3.63, 3.8) is 0 Å². The SMILES string of the molecule is C=CCN(c1ncccc1[C@H](C)N)C1CC1. The minimum Gasteiger partial charge on any atom is -0.350 e. The highest BCUT2D eigenvalue weighted by Crippen LogP contribution is 2.33. The third kappa shape index (κ3) is 2.25. The summed E-state index contributed by atoms with van der Waals surface area (Å²) in [5, 5.41) is 0. The van der Waals surface area contributed by atoms with E-state index in [2.05, 4.69) is 22.5 Å². The van der Waals surface area contributed by atoms with Gasteiger partial charge in [0.25, 0.3) is 0 Å². The molecule has 0 unspecified atom stereocenters. The predicted octanol–water partition coefficient (Wildman–Crippen LogP) is 2.26. The Balaban J connectivity index is 2.31. The molecule has 86 valence electrons. The quantitative estimate of drug-likeness (QED) is 0.769. The second kappa shape index (κ2) is 4.66. The van der Waals surface area contributed by atoms with Gasteiger partial charge in [0, 0.05) is 30.4 Å². The molecule has 3 nitrogen and oxygen atoms in total. The lowest BCUT2D eigenvalue weighted by molar-refractivity contribution is 0.773. The van der Waals surface area contributed by atoms with E-state index < -0.39 is 0 Å². The van der Waals surface area contributed by atoms with Crippen molar-refractivity contribution >= 4 is 5.82 Å². The lowest BCUT2D eigenvalue weighted by Gasteiger charge is -2.25. The smallest absolute Gasteiger partial charge is 0.133 e. The van der Waals surface area contributed by atoms with Gasteiger partial charge in [0.15, 0.2) is 0 Å². The predicted molar refractivity (Wildman–Crippen MR) is 67.4 cm³/mol. The minimum absolute atomic E-state index is 0.0229. The highest BCUT2D eigenvalue weighted by atomic mass is 15.2. The van der Waals surface area contributed by atoms with Crippen molar-refractivity contribution in [1.82, 2.24) is 4.98 Å². The molecule has 1 heterocycles. The molecule has 0 saturated heterocycles. The number of hydrogen-bond acceptors (Lipinski definition) is 3. The Hall–Kier alpha value is -1.35. The molecule has 0 amide bonds. The fraction of sp³-hybridized carbons (Fsp3) is 0.462. The Morgan fingerprint density at radius 3 is 3.00 bits per heavy atom. The fourth-order valence-electron chi connectivity index (χ4n) is 1.94. The summed E-state index contributed by atoms with van der Waals surface area (Å²) in [7, 11) is 0. The van der Waals surface area contributed by atoms with Crippen molar-refractivity contribution in [2.45, 2.75) is 31.8 Å².